The van der Waals surface area contributed by atoms with E-state index in [0.29, 0.717) is 17.2 Å². The largest absolute Gasteiger partial charge is 0.452 e. The van der Waals surface area contributed by atoms with Gasteiger partial charge in [-0.05, 0) is 41.5 Å². The summed E-state index contributed by atoms with van der Waals surface area (Å²) in [5.41, 5.74) is 0.949. The topological polar surface area (TPSA) is 99.0 Å². The minimum absolute atomic E-state index is 0.0179. The molecule has 0 saturated carbocycles. The normalized spacial score (nSPS) is 12.0. The minimum Gasteiger partial charge on any atom is -0.452 e. The van der Waals surface area contributed by atoms with Crippen molar-refractivity contribution in [1.82, 2.24) is 25.5 Å². The monoisotopic (exact) mass is 317 g/mol. The smallest absolute Gasteiger partial charge is 0.338 e. The van der Waals surface area contributed by atoms with E-state index in [1.165, 1.54) is 11.0 Å². The van der Waals surface area contributed by atoms with E-state index in [1.54, 1.807) is 24.3 Å². The summed E-state index contributed by atoms with van der Waals surface area (Å²) in [6.07, 6.45) is 1.42. The van der Waals surface area contributed by atoms with Crippen LogP contribution in [0.5, 0.6) is 0 Å². The van der Waals surface area contributed by atoms with Crippen molar-refractivity contribution in [2.45, 2.75) is 26.8 Å². The van der Waals surface area contributed by atoms with Gasteiger partial charge < -0.3 is 10.1 Å². The summed E-state index contributed by atoms with van der Waals surface area (Å²) < 4.78 is 6.46. The van der Waals surface area contributed by atoms with Crippen LogP contribution < -0.4 is 5.32 Å². The Labute approximate surface area is 133 Å². The summed E-state index contributed by atoms with van der Waals surface area (Å²) in [5, 5.41) is 13.6. The van der Waals surface area contributed by atoms with E-state index in [9.17, 15) is 9.59 Å². The number of rotatable bonds is 6. The number of esters is 1. The molecule has 0 saturated heterocycles. The third-order valence-corrected chi connectivity index (χ3v) is 3.42. The summed E-state index contributed by atoms with van der Waals surface area (Å²) in [6, 6.07) is 6.65. The van der Waals surface area contributed by atoms with Gasteiger partial charge in [-0.1, -0.05) is 19.9 Å². The Kier molecular flexibility index (Phi) is 5.40. The summed E-state index contributed by atoms with van der Waals surface area (Å²) in [6.45, 7) is 5.59. The van der Waals surface area contributed by atoms with Crippen LogP contribution in [0.2, 0.25) is 0 Å². The fourth-order valence-corrected chi connectivity index (χ4v) is 1.73. The van der Waals surface area contributed by atoms with Crippen LogP contribution in [-0.4, -0.2) is 44.7 Å². The molecule has 122 valence electrons. The van der Waals surface area contributed by atoms with Crippen molar-refractivity contribution in [1.29, 1.82) is 0 Å². The van der Waals surface area contributed by atoms with Crippen molar-refractivity contribution in [2.75, 3.05) is 6.61 Å². The van der Waals surface area contributed by atoms with E-state index >= 15 is 0 Å². The van der Waals surface area contributed by atoms with Crippen LogP contribution in [0.1, 0.15) is 31.1 Å². The van der Waals surface area contributed by atoms with Gasteiger partial charge >= 0.3 is 5.97 Å². The highest BCUT2D eigenvalue weighted by atomic mass is 16.5. The zero-order valence-corrected chi connectivity index (χ0v) is 13.3. The molecule has 2 aromatic rings. The third kappa shape index (κ3) is 4.60. The first-order valence-corrected chi connectivity index (χ1v) is 7.27. The number of amides is 1. The average Bonchev–Trinajstić information content (AvgIpc) is 3.07. The van der Waals surface area contributed by atoms with Crippen molar-refractivity contribution < 1.29 is 14.3 Å². The molecule has 0 radical (unpaired) electrons. The zero-order valence-electron chi connectivity index (χ0n) is 13.3. The molecule has 1 unspecified atom stereocenters. The van der Waals surface area contributed by atoms with Gasteiger partial charge in [0.1, 0.15) is 6.33 Å². The number of aromatic nitrogens is 4. The van der Waals surface area contributed by atoms with Crippen LogP contribution in [0.25, 0.3) is 5.69 Å². The fourth-order valence-electron chi connectivity index (χ4n) is 1.73. The summed E-state index contributed by atoms with van der Waals surface area (Å²) in [5.74, 6) is -0.592. The molecule has 1 aromatic heterocycles. The van der Waals surface area contributed by atoms with E-state index < -0.39 is 5.97 Å². The van der Waals surface area contributed by atoms with Crippen LogP contribution in [-0.2, 0) is 9.53 Å². The molecule has 1 atom stereocenters. The number of carbonyl (C=O) groups excluding carboxylic acids is 2. The lowest BCUT2D eigenvalue weighted by Crippen LogP contribution is -2.38. The number of hydrogen-bond acceptors (Lipinski definition) is 6. The quantitative estimate of drug-likeness (QED) is 0.797. The fraction of sp³-hybridized carbons (Fsp3) is 0.400. The van der Waals surface area contributed by atoms with Gasteiger partial charge in [0.2, 0.25) is 0 Å². The molecule has 0 aliphatic carbocycles. The SMILES string of the molecule is CC(C)C(C)NC(=O)COC(=O)c1cccc(-n2cnnn2)c1. The highest BCUT2D eigenvalue weighted by molar-refractivity contribution is 5.91. The van der Waals surface area contributed by atoms with E-state index in [-0.39, 0.29) is 18.6 Å². The molecule has 1 amide bonds. The van der Waals surface area contributed by atoms with Crippen LogP contribution in [0, 0.1) is 5.92 Å². The van der Waals surface area contributed by atoms with Gasteiger partial charge in [-0.15, -0.1) is 5.10 Å². The van der Waals surface area contributed by atoms with Gasteiger partial charge in [0.05, 0.1) is 11.3 Å². The molecule has 8 heteroatoms. The van der Waals surface area contributed by atoms with Crippen molar-refractivity contribution in [3.05, 3.63) is 36.2 Å². The summed E-state index contributed by atoms with van der Waals surface area (Å²) >= 11 is 0. The molecule has 0 aliphatic heterocycles. The number of hydrogen-bond donors (Lipinski definition) is 1. The van der Waals surface area contributed by atoms with E-state index in [2.05, 4.69) is 20.8 Å². The molecular weight excluding hydrogens is 298 g/mol. The molecule has 0 aliphatic rings. The number of carbonyl (C=O) groups is 2. The van der Waals surface area contributed by atoms with Gasteiger partial charge in [-0.25, -0.2) is 9.48 Å². The third-order valence-electron chi connectivity index (χ3n) is 3.42. The van der Waals surface area contributed by atoms with Crippen molar-refractivity contribution in [2.24, 2.45) is 5.92 Å². The Bertz CT molecular complexity index is 670. The molecule has 1 N–H and O–H groups in total. The lowest BCUT2D eigenvalue weighted by atomic mass is 10.1. The van der Waals surface area contributed by atoms with Gasteiger partial charge in [0.15, 0.2) is 6.61 Å². The van der Waals surface area contributed by atoms with Gasteiger partial charge in [0.25, 0.3) is 5.91 Å². The highest BCUT2D eigenvalue weighted by Crippen LogP contribution is 2.10. The Balaban J connectivity index is 1.94. The average molecular weight is 317 g/mol. The predicted molar refractivity (Wildman–Crippen MR) is 81.9 cm³/mol. The first kappa shape index (κ1) is 16.6. The van der Waals surface area contributed by atoms with Crippen LogP contribution in [0.15, 0.2) is 30.6 Å². The molecule has 0 fully saturated rings. The molecular formula is C15H19N5O3. The van der Waals surface area contributed by atoms with Gasteiger partial charge in [-0.2, -0.15) is 0 Å². The van der Waals surface area contributed by atoms with E-state index in [1.807, 2.05) is 20.8 Å². The van der Waals surface area contributed by atoms with E-state index in [4.69, 9.17) is 4.74 Å². The Morgan fingerprint density at radius 1 is 1.30 bits per heavy atom. The number of ether oxygens (including phenoxy) is 1. The Hall–Kier alpha value is -2.77. The maximum Gasteiger partial charge on any atom is 0.338 e. The highest BCUT2D eigenvalue weighted by Gasteiger charge is 2.14. The number of tetrazole rings is 1. The van der Waals surface area contributed by atoms with E-state index in [0.717, 1.165) is 0 Å². The van der Waals surface area contributed by atoms with Crippen molar-refractivity contribution >= 4 is 11.9 Å². The second-order valence-corrected chi connectivity index (χ2v) is 5.48. The molecule has 0 bridgehead atoms. The lowest BCUT2D eigenvalue weighted by molar-refractivity contribution is -0.125. The molecule has 2 rings (SSSR count). The number of nitrogens with one attached hydrogen (secondary N) is 1. The van der Waals surface area contributed by atoms with Crippen LogP contribution >= 0.6 is 0 Å². The van der Waals surface area contributed by atoms with Gasteiger partial charge in [0, 0.05) is 6.04 Å². The molecule has 0 spiro atoms. The second kappa shape index (κ2) is 7.48. The van der Waals surface area contributed by atoms with Gasteiger partial charge in [-0.3, -0.25) is 4.79 Å². The lowest BCUT2D eigenvalue weighted by Gasteiger charge is -2.17. The van der Waals surface area contributed by atoms with Crippen molar-refractivity contribution in [3.63, 3.8) is 0 Å². The number of nitrogens with zero attached hydrogens (tertiary/aromatic N) is 4. The van der Waals surface area contributed by atoms with Crippen molar-refractivity contribution in [3.8, 4) is 5.69 Å². The zero-order chi connectivity index (χ0) is 16.8. The standard InChI is InChI=1S/C15H19N5O3/c1-10(2)11(3)17-14(21)8-23-15(22)12-5-4-6-13(7-12)20-9-16-18-19-20/h4-7,9-11H,8H2,1-3H3,(H,17,21). The Morgan fingerprint density at radius 2 is 2.09 bits per heavy atom. The summed E-state index contributed by atoms with van der Waals surface area (Å²) in [7, 11) is 0. The Morgan fingerprint density at radius 3 is 2.74 bits per heavy atom. The summed E-state index contributed by atoms with van der Waals surface area (Å²) in [4.78, 5) is 23.8. The van der Waals surface area contributed by atoms with Crippen LogP contribution in [0.3, 0.4) is 0 Å². The first-order chi connectivity index (χ1) is 11.0. The molecule has 8 nitrogen and oxygen atoms in total. The molecule has 1 heterocycles. The molecule has 1 aromatic carbocycles. The predicted octanol–water partition coefficient (Wildman–Crippen LogP) is 0.980. The van der Waals surface area contributed by atoms with Crippen LogP contribution in [0.4, 0.5) is 0 Å². The minimum atomic E-state index is -0.577. The first-order valence-electron chi connectivity index (χ1n) is 7.27. The maximum atomic E-state index is 12.0. The molecule has 23 heavy (non-hydrogen) atoms. The maximum absolute atomic E-state index is 12.0. The second-order valence-electron chi connectivity index (χ2n) is 5.48. The number of benzene rings is 1.